The number of nitrogens with one attached hydrogen (secondary N) is 2. The zero-order valence-electron chi connectivity index (χ0n) is 13.1. The van der Waals surface area contributed by atoms with Crippen LogP contribution in [0.1, 0.15) is 38.1 Å². The standard InChI is InChI=1S/C16H22N2O3/c1-11(16(2,3)4)10-17-15(20)18-13-8-6-12(7-9-13)14(19)21-5/h6-10H,1-5H3,(H2,17,18,20)/b11-10+. The highest BCUT2D eigenvalue weighted by atomic mass is 16.5. The number of hydrogen-bond donors (Lipinski definition) is 2. The van der Waals surface area contributed by atoms with E-state index in [0.717, 1.165) is 5.57 Å². The number of anilines is 1. The van der Waals surface area contributed by atoms with Gasteiger partial charge in [0.2, 0.25) is 0 Å². The first-order chi connectivity index (χ1) is 9.74. The molecular weight excluding hydrogens is 268 g/mol. The van der Waals surface area contributed by atoms with Crippen molar-refractivity contribution < 1.29 is 14.3 Å². The molecule has 0 saturated carbocycles. The molecule has 0 atom stereocenters. The number of hydrogen-bond acceptors (Lipinski definition) is 3. The Labute approximate surface area is 125 Å². The molecule has 2 N–H and O–H groups in total. The number of esters is 1. The first-order valence-electron chi connectivity index (χ1n) is 6.67. The average molecular weight is 290 g/mol. The van der Waals surface area contributed by atoms with Gasteiger partial charge >= 0.3 is 12.0 Å². The lowest BCUT2D eigenvalue weighted by Crippen LogP contribution is -2.25. The quantitative estimate of drug-likeness (QED) is 0.837. The molecule has 5 nitrogen and oxygen atoms in total. The van der Waals surface area contributed by atoms with E-state index in [1.807, 2.05) is 6.92 Å². The summed E-state index contributed by atoms with van der Waals surface area (Å²) in [5.41, 5.74) is 2.11. The fourth-order valence-electron chi connectivity index (χ4n) is 1.36. The van der Waals surface area contributed by atoms with Gasteiger partial charge in [0.1, 0.15) is 0 Å². The summed E-state index contributed by atoms with van der Waals surface area (Å²) in [5.74, 6) is -0.408. The third-order valence-electron chi connectivity index (χ3n) is 3.17. The van der Waals surface area contributed by atoms with E-state index in [0.29, 0.717) is 11.3 Å². The van der Waals surface area contributed by atoms with E-state index in [4.69, 9.17) is 0 Å². The summed E-state index contributed by atoms with van der Waals surface area (Å²) in [5, 5.41) is 5.37. The molecule has 0 unspecified atom stereocenters. The number of carbonyl (C=O) groups is 2. The lowest BCUT2D eigenvalue weighted by atomic mass is 9.88. The predicted molar refractivity (Wildman–Crippen MR) is 83.1 cm³/mol. The van der Waals surface area contributed by atoms with Gasteiger partial charge in [0.25, 0.3) is 0 Å². The minimum absolute atomic E-state index is 0.00937. The van der Waals surface area contributed by atoms with Crippen LogP contribution < -0.4 is 10.6 Å². The van der Waals surface area contributed by atoms with E-state index in [9.17, 15) is 9.59 Å². The maximum absolute atomic E-state index is 11.8. The Bertz CT molecular complexity index is 540. The highest BCUT2D eigenvalue weighted by Gasteiger charge is 2.12. The van der Waals surface area contributed by atoms with E-state index in [2.05, 4.69) is 36.1 Å². The van der Waals surface area contributed by atoms with Gasteiger partial charge in [0, 0.05) is 11.9 Å². The van der Waals surface area contributed by atoms with Crippen LogP contribution in [-0.2, 0) is 4.74 Å². The summed E-state index contributed by atoms with van der Waals surface area (Å²) in [6.45, 7) is 8.18. The molecular formula is C16H22N2O3. The third kappa shape index (κ3) is 5.30. The molecule has 2 amide bonds. The Hall–Kier alpha value is -2.30. The molecule has 0 heterocycles. The Morgan fingerprint density at radius 3 is 2.19 bits per heavy atom. The van der Waals surface area contributed by atoms with Crippen molar-refractivity contribution in [1.82, 2.24) is 5.32 Å². The van der Waals surface area contributed by atoms with Gasteiger partial charge in [-0.2, -0.15) is 0 Å². The molecule has 5 heteroatoms. The number of methoxy groups -OCH3 is 1. The van der Waals surface area contributed by atoms with Crippen molar-refractivity contribution in [3.05, 3.63) is 41.6 Å². The fraction of sp³-hybridized carbons (Fsp3) is 0.375. The fourth-order valence-corrected chi connectivity index (χ4v) is 1.36. The van der Waals surface area contributed by atoms with E-state index in [1.54, 1.807) is 30.5 Å². The van der Waals surface area contributed by atoms with Crippen molar-refractivity contribution in [1.29, 1.82) is 0 Å². The number of amides is 2. The monoisotopic (exact) mass is 290 g/mol. The van der Waals surface area contributed by atoms with Crippen LogP contribution in [0.15, 0.2) is 36.0 Å². The van der Waals surface area contributed by atoms with Crippen LogP contribution in [0.3, 0.4) is 0 Å². The van der Waals surface area contributed by atoms with Crippen molar-refractivity contribution >= 4 is 17.7 Å². The summed E-state index contributed by atoms with van der Waals surface area (Å²) in [7, 11) is 1.33. The molecule has 114 valence electrons. The van der Waals surface area contributed by atoms with Crippen molar-refractivity contribution in [2.75, 3.05) is 12.4 Å². The second-order valence-corrected chi connectivity index (χ2v) is 5.74. The molecule has 0 saturated heterocycles. The number of allylic oxidation sites excluding steroid dienone is 1. The predicted octanol–water partition coefficient (Wildman–Crippen LogP) is 3.54. The van der Waals surface area contributed by atoms with Gasteiger partial charge in [-0.25, -0.2) is 9.59 Å². The summed E-state index contributed by atoms with van der Waals surface area (Å²) < 4.78 is 4.61. The van der Waals surface area contributed by atoms with Crippen LogP contribution >= 0.6 is 0 Å². The first kappa shape index (κ1) is 16.8. The molecule has 0 aromatic heterocycles. The van der Waals surface area contributed by atoms with E-state index >= 15 is 0 Å². The van der Waals surface area contributed by atoms with E-state index < -0.39 is 5.97 Å². The van der Waals surface area contributed by atoms with Crippen molar-refractivity contribution in [2.45, 2.75) is 27.7 Å². The number of ether oxygens (including phenoxy) is 1. The molecule has 0 spiro atoms. The molecule has 0 aliphatic rings. The SMILES string of the molecule is COC(=O)c1ccc(NC(=O)N/C=C(\C)C(C)(C)C)cc1. The van der Waals surface area contributed by atoms with Gasteiger partial charge in [-0.05, 0) is 36.6 Å². The number of benzene rings is 1. The number of rotatable bonds is 3. The van der Waals surface area contributed by atoms with Gasteiger partial charge < -0.3 is 15.4 Å². The Morgan fingerprint density at radius 1 is 1.14 bits per heavy atom. The van der Waals surface area contributed by atoms with Crippen LogP contribution in [-0.4, -0.2) is 19.1 Å². The van der Waals surface area contributed by atoms with Gasteiger partial charge in [-0.1, -0.05) is 26.3 Å². The Kier molecular flexibility index (Phi) is 5.52. The second kappa shape index (κ2) is 6.92. The molecule has 0 fully saturated rings. The minimum atomic E-state index is -0.408. The first-order valence-corrected chi connectivity index (χ1v) is 6.67. The number of carbonyl (C=O) groups excluding carboxylic acids is 2. The largest absolute Gasteiger partial charge is 0.465 e. The van der Waals surface area contributed by atoms with Crippen LogP contribution in [0.25, 0.3) is 0 Å². The normalized spacial score (nSPS) is 11.8. The van der Waals surface area contributed by atoms with Crippen LogP contribution in [0.5, 0.6) is 0 Å². The minimum Gasteiger partial charge on any atom is -0.465 e. The molecule has 0 aliphatic heterocycles. The Balaban J connectivity index is 2.62. The topological polar surface area (TPSA) is 67.4 Å². The van der Waals surface area contributed by atoms with E-state index in [1.165, 1.54) is 7.11 Å². The van der Waals surface area contributed by atoms with Crippen molar-refractivity contribution in [3.63, 3.8) is 0 Å². The molecule has 0 bridgehead atoms. The summed E-state index contributed by atoms with van der Waals surface area (Å²) in [6.07, 6.45) is 1.69. The highest BCUT2D eigenvalue weighted by molar-refractivity contribution is 5.92. The zero-order valence-corrected chi connectivity index (χ0v) is 13.1. The van der Waals surface area contributed by atoms with Crippen LogP contribution in [0, 0.1) is 5.41 Å². The molecule has 21 heavy (non-hydrogen) atoms. The Morgan fingerprint density at radius 2 is 1.71 bits per heavy atom. The molecule has 0 aliphatic carbocycles. The van der Waals surface area contributed by atoms with Gasteiger partial charge in [-0.15, -0.1) is 0 Å². The van der Waals surface area contributed by atoms with E-state index in [-0.39, 0.29) is 11.4 Å². The average Bonchev–Trinajstić information content (AvgIpc) is 2.43. The summed E-state index contributed by atoms with van der Waals surface area (Å²) in [4.78, 5) is 23.0. The zero-order chi connectivity index (χ0) is 16.0. The third-order valence-corrected chi connectivity index (χ3v) is 3.17. The second-order valence-electron chi connectivity index (χ2n) is 5.74. The lowest BCUT2D eigenvalue weighted by Gasteiger charge is -2.19. The van der Waals surface area contributed by atoms with Gasteiger partial charge in [-0.3, -0.25) is 0 Å². The summed E-state index contributed by atoms with van der Waals surface area (Å²) in [6, 6.07) is 6.15. The van der Waals surface area contributed by atoms with Gasteiger partial charge in [0.05, 0.1) is 12.7 Å². The molecule has 1 rings (SSSR count). The summed E-state index contributed by atoms with van der Waals surface area (Å²) >= 11 is 0. The maximum atomic E-state index is 11.8. The molecule has 1 aromatic rings. The van der Waals surface area contributed by atoms with Crippen LogP contribution in [0.2, 0.25) is 0 Å². The maximum Gasteiger partial charge on any atom is 0.337 e. The molecule has 0 radical (unpaired) electrons. The van der Waals surface area contributed by atoms with Gasteiger partial charge in [0.15, 0.2) is 0 Å². The lowest BCUT2D eigenvalue weighted by molar-refractivity contribution is 0.0601. The smallest absolute Gasteiger partial charge is 0.337 e. The number of urea groups is 1. The highest BCUT2D eigenvalue weighted by Crippen LogP contribution is 2.23. The molecule has 1 aromatic carbocycles. The van der Waals surface area contributed by atoms with Crippen molar-refractivity contribution in [3.8, 4) is 0 Å². The van der Waals surface area contributed by atoms with Crippen LogP contribution in [0.4, 0.5) is 10.5 Å². The van der Waals surface area contributed by atoms with Crippen molar-refractivity contribution in [2.24, 2.45) is 5.41 Å².